The minimum absolute atomic E-state index is 0. The van der Waals surface area contributed by atoms with E-state index >= 15 is 0 Å². The monoisotopic (exact) mass is 343 g/mol. The lowest BCUT2D eigenvalue weighted by atomic mass is 10.3. The molecule has 1 aliphatic rings. The van der Waals surface area contributed by atoms with Crippen LogP contribution in [0.4, 0.5) is 5.95 Å². The lowest BCUT2D eigenvalue weighted by Gasteiger charge is -2.31. The number of rotatable bonds is 4. The van der Waals surface area contributed by atoms with Crippen molar-refractivity contribution in [3.8, 4) is 0 Å². The van der Waals surface area contributed by atoms with Crippen LogP contribution >= 0.6 is 12.4 Å². The molecular formula is C13H22ClN7O2. The van der Waals surface area contributed by atoms with E-state index in [0.29, 0.717) is 11.2 Å². The van der Waals surface area contributed by atoms with Crippen molar-refractivity contribution in [1.29, 1.82) is 5.41 Å². The number of aliphatic hydroxyl groups excluding tert-OH is 2. The molecule has 4 N–H and O–H groups in total. The first kappa shape index (κ1) is 17.7. The highest BCUT2D eigenvalue weighted by Crippen LogP contribution is 2.16. The fourth-order valence-electron chi connectivity index (χ4n) is 2.56. The molecule has 2 aromatic heterocycles. The molecule has 0 bridgehead atoms. The van der Waals surface area contributed by atoms with E-state index in [1.54, 1.807) is 4.57 Å². The molecule has 1 atom stereocenters. The molecule has 0 spiro atoms. The SMILES string of the molecule is CN1CCN(c2nc3c([nH]2)c(=N)ncn3CC(O)CO)CC1.Cl. The van der Waals surface area contributed by atoms with Crippen LogP contribution < -0.4 is 10.4 Å². The maximum absolute atomic E-state index is 9.63. The fraction of sp³-hybridized carbons (Fsp3) is 0.615. The standard InChI is InChI=1S/C13H21N7O2.ClH/c1-18-2-4-19(5-3-18)13-16-10-11(14)15-8-20(12(10)17-13)6-9(22)7-21;/h8-9,14,21-22H,2-7H2,1H3,(H,16,17);1H. The van der Waals surface area contributed by atoms with Gasteiger partial charge in [-0.1, -0.05) is 0 Å². The zero-order chi connectivity index (χ0) is 15.7. The van der Waals surface area contributed by atoms with Crippen molar-refractivity contribution in [2.75, 3.05) is 44.7 Å². The van der Waals surface area contributed by atoms with E-state index in [-0.39, 0.29) is 31.0 Å². The molecule has 0 aromatic carbocycles. The summed E-state index contributed by atoms with van der Waals surface area (Å²) in [6.45, 7) is 3.53. The van der Waals surface area contributed by atoms with Gasteiger partial charge in [-0.15, -0.1) is 12.4 Å². The van der Waals surface area contributed by atoms with Crippen LogP contribution in [0.25, 0.3) is 11.2 Å². The van der Waals surface area contributed by atoms with Gasteiger partial charge in [0.2, 0.25) is 5.95 Å². The van der Waals surface area contributed by atoms with Gasteiger partial charge in [-0.3, -0.25) is 5.41 Å². The van der Waals surface area contributed by atoms with Gasteiger partial charge in [0.15, 0.2) is 11.1 Å². The third-order valence-corrected chi connectivity index (χ3v) is 3.93. The number of imidazole rings is 1. The van der Waals surface area contributed by atoms with Gasteiger partial charge in [0.25, 0.3) is 0 Å². The predicted octanol–water partition coefficient (Wildman–Crippen LogP) is -1.23. The van der Waals surface area contributed by atoms with Gasteiger partial charge in [0, 0.05) is 26.2 Å². The summed E-state index contributed by atoms with van der Waals surface area (Å²) in [6.07, 6.45) is 0.591. The van der Waals surface area contributed by atoms with Crippen LogP contribution in [0, 0.1) is 5.41 Å². The molecule has 0 saturated carbocycles. The summed E-state index contributed by atoms with van der Waals surface area (Å²) >= 11 is 0. The lowest BCUT2D eigenvalue weighted by molar-refractivity contribution is 0.0817. The number of nitrogens with zero attached hydrogens (tertiary/aromatic N) is 5. The Labute approximate surface area is 139 Å². The second-order valence-corrected chi connectivity index (χ2v) is 5.63. The number of aromatic nitrogens is 4. The number of aliphatic hydroxyl groups is 2. The molecule has 1 aliphatic heterocycles. The first-order valence-corrected chi connectivity index (χ1v) is 7.30. The summed E-state index contributed by atoms with van der Waals surface area (Å²) in [7, 11) is 2.09. The van der Waals surface area contributed by atoms with Crippen LogP contribution in [0.1, 0.15) is 0 Å². The quantitative estimate of drug-likeness (QED) is 0.552. The highest BCUT2D eigenvalue weighted by Gasteiger charge is 2.19. The van der Waals surface area contributed by atoms with E-state index in [4.69, 9.17) is 10.5 Å². The molecule has 1 fully saturated rings. The van der Waals surface area contributed by atoms with Crippen molar-refractivity contribution < 1.29 is 10.2 Å². The number of halogens is 1. The van der Waals surface area contributed by atoms with Crippen LogP contribution in [-0.4, -0.2) is 80.6 Å². The largest absolute Gasteiger partial charge is 0.394 e. The Morgan fingerprint density at radius 2 is 2.04 bits per heavy atom. The second kappa shape index (κ2) is 7.26. The lowest BCUT2D eigenvalue weighted by Crippen LogP contribution is -2.44. The van der Waals surface area contributed by atoms with E-state index in [2.05, 4.69) is 31.8 Å². The summed E-state index contributed by atoms with van der Waals surface area (Å²) in [4.78, 5) is 16.1. The normalized spacial score (nSPS) is 17.3. The van der Waals surface area contributed by atoms with Crippen LogP contribution in [0.5, 0.6) is 0 Å². The Hall–Kier alpha value is -1.68. The van der Waals surface area contributed by atoms with Gasteiger partial charge in [-0.05, 0) is 7.05 Å². The van der Waals surface area contributed by atoms with Crippen LogP contribution in [0.15, 0.2) is 6.33 Å². The molecule has 1 saturated heterocycles. The Morgan fingerprint density at radius 3 is 2.70 bits per heavy atom. The molecule has 0 amide bonds. The molecule has 0 radical (unpaired) electrons. The van der Waals surface area contributed by atoms with Gasteiger partial charge in [-0.25, -0.2) is 4.98 Å². The zero-order valence-electron chi connectivity index (χ0n) is 12.9. The average Bonchev–Trinajstić information content (AvgIpc) is 2.97. The molecule has 2 aromatic rings. The van der Waals surface area contributed by atoms with Crippen molar-refractivity contribution in [2.24, 2.45) is 0 Å². The average molecular weight is 344 g/mol. The van der Waals surface area contributed by atoms with Crippen molar-refractivity contribution in [1.82, 2.24) is 24.4 Å². The third-order valence-electron chi connectivity index (χ3n) is 3.93. The zero-order valence-corrected chi connectivity index (χ0v) is 13.8. The summed E-state index contributed by atoms with van der Waals surface area (Å²) in [5, 5.41) is 26.5. The van der Waals surface area contributed by atoms with E-state index in [9.17, 15) is 5.11 Å². The minimum atomic E-state index is -0.879. The Kier molecular flexibility index (Phi) is 5.58. The van der Waals surface area contributed by atoms with E-state index in [1.807, 2.05) is 0 Å². The maximum Gasteiger partial charge on any atom is 0.205 e. The topological polar surface area (TPSA) is 117 Å². The number of likely N-dealkylation sites (N-methyl/N-ethyl adjacent to an activating group) is 1. The molecule has 0 aliphatic carbocycles. The summed E-state index contributed by atoms with van der Waals surface area (Å²) in [6, 6.07) is 0. The summed E-state index contributed by atoms with van der Waals surface area (Å²) < 4.78 is 1.66. The number of nitrogens with one attached hydrogen (secondary N) is 2. The van der Waals surface area contributed by atoms with E-state index in [1.165, 1.54) is 6.33 Å². The first-order valence-electron chi connectivity index (χ1n) is 7.30. The Bertz CT molecular complexity index is 708. The fourth-order valence-corrected chi connectivity index (χ4v) is 2.56. The number of piperazine rings is 1. The molecule has 3 heterocycles. The number of hydrogen-bond donors (Lipinski definition) is 4. The maximum atomic E-state index is 9.63. The first-order chi connectivity index (χ1) is 10.6. The summed E-state index contributed by atoms with van der Waals surface area (Å²) in [5.41, 5.74) is 1.24. The van der Waals surface area contributed by atoms with Gasteiger partial charge < -0.3 is 29.6 Å². The van der Waals surface area contributed by atoms with Crippen molar-refractivity contribution in [3.05, 3.63) is 11.8 Å². The number of hydrogen-bond acceptors (Lipinski definition) is 7. The van der Waals surface area contributed by atoms with Crippen molar-refractivity contribution in [3.63, 3.8) is 0 Å². The molecule has 23 heavy (non-hydrogen) atoms. The smallest absolute Gasteiger partial charge is 0.205 e. The van der Waals surface area contributed by atoms with E-state index < -0.39 is 6.10 Å². The number of aromatic amines is 1. The number of H-pyrrole nitrogens is 1. The Morgan fingerprint density at radius 1 is 1.35 bits per heavy atom. The summed E-state index contributed by atoms with van der Waals surface area (Å²) in [5.74, 6) is 0.719. The molecular weight excluding hydrogens is 322 g/mol. The molecule has 9 nitrogen and oxygen atoms in total. The molecule has 10 heteroatoms. The van der Waals surface area contributed by atoms with Crippen LogP contribution in [0.2, 0.25) is 0 Å². The van der Waals surface area contributed by atoms with Gasteiger partial charge >= 0.3 is 0 Å². The van der Waals surface area contributed by atoms with Gasteiger partial charge in [0.1, 0.15) is 5.52 Å². The molecule has 3 rings (SSSR count). The van der Waals surface area contributed by atoms with Crippen molar-refractivity contribution >= 4 is 29.5 Å². The van der Waals surface area contributed by atoms with Crippen molar-refractivity contribution in [2.45, 2.75) is 12.6 Å². The second-order valence-electron chi connectivity index (χ2n) is 5.63. The van der Waals surface area contributed by atoms with Gasteiger partial charge in [0.05, 0.1) is 25.6 Å². The highest BCUT2D eigenvalue weighted by molar-refractivity contribution is 5.85. The van der Waals surface area contributed by atoms with Crippen LogP contribution in [-0.2, 0) is 6.54 Å². The number of fused-ring (bicyclic) bond motifs is 1. The third kappa shape index (κ3) is 3.63. The van der Waals surface area contributed by atoms with Crippen LogP contribution in [0.3, 0.4) is 0 Å². The minimum Gasteiger partial charge on any atom is -0.394 e. The highest BCUT2D eigenvalue weighted by atomic mass is 35.5. The van der Waals surface area contributed by atoms with E-state index in [0.717, 1.165) is 32.1 Å². The Balaban J connectivity index is 0.00000192. The number of anilines is 1. The van der Waals surface area contributed by atoms with Gasteiger partial charge in [-0.2, -0.15) is 4.98 Å². The predicted molar refractivity (Wildman–Crippen MR) is 87.8 cm³/mol. The molecule has 128 valence electrons. The molecule has 1 unspecified atom stereocenters.